The molecule has 0 atom stereocenters. The fourth-order valence-electron chi connectivity index (χ4n) is 1.26. The molecule has 2 N–H and O–H groups in total. The van der Waals surface area contributed by atoms with Gasteiger partial charge in [0.15, 0.2) is 0 Å². The van der Waals surface area contributed by atoms with Crippen LogP contribution in [0.1, 0.15) is 0 Å². The quantitative estimate of drug-likeness (QED) is 0.528. The van der Waals surface area contributed by atoms with Crippen LogP contribution in [0.4, 0.5) is 26.3 Å². The Kier molecular flexibility index (Phi) is 10.8. The molecule has 0 unspecified atom stereocenters. The molecule has 2 rings (SSSR count). The lowest BCUT2D eigenvalue weighted by molar-refractivity contribution is -0.275. The minimum Gasteiger partial charge on any atom is -0.429 e. The van der Waals surface area contributed by atoms with E-state index in [-0.39, 0.29) is 19.2 Å². The first-order chi connectivity index (χ1) is 12.0. The van der Waals surface area contributed by atoms with E-state index < -0.39 is 12.7 Å². The Labute approximate surface area is 153 Å². The largest absolute Gasteiger partial charge is 0.573 e. The fourth-order valence-corrected chi connectivity index (χ4v) is 1.52. The van der Waals surface area contributed by atoms with Crippen molar-refractivity contribution in [1.29, 1.82) is 0 Å². The number of ether oxygens (including phenoxy) is 2. The fraction of sp³-hybridized carbons (Fsp3) is 0.143. The van der Waals surface area contributed by atoms with Crippen molar-refractivity contribution in [3.05, 3.63) is 59.1 Å². The molecule has 0 aromatic heterocycles. The summed E-state index contributed by atoms with van der Waals surface area (Å²) in [5.41, 5.74) is 0. The molecule has 0 aliphatic carbocycles. The predicted molar refractivity (Wildman–Crippen MR) is 84.1 cm³/mol. The maximum Gasteiger partial charge on any atom is 0.573 e. The molecule has 0 heterocycles. The summed E-state index contributed by atoms with van der Waals surface area (Å²) < 4.78 is 77.3. The zero-order valence-electron chi connectivity index (χ0n) is 12.6. The molecule has 0 amide bonds. The van der Waals surface area contributed by atoms with E-state index in [1.54, 1.807) is 6.07 Å². The van der Waals surface area contributed by atoms with Gasteiger partial charge in [-0.25, -0.2) is 0 Å². The van der Waals surface area contributed by atoms with Gasteiger partial charge in [-0.05, 0) is 36.4 Å². The van der Waals surface area contributed by atoms with Gasteiger partial charge in [-0.1, -0.05) is 34.1 Å². The van der Waals surface area contributed by atoms with Crippen LogP contribution in [0.2, 0.25) is 0 Å². The summed E-state index contributed by atoms with van der Waals surface area (Å²) >= 11 is 3.09. The third-order valence-corrected chi connectivity index (χ3v) is 2.55. The molecule has 0 saturated heterocycles. The maximum atomic E-state index is 11.6. The van der Waals surface area contributed by atoms with Crippen LogP contribution in [0, 0.1) is 0 Å². The van der Waals surface area contributed by atoms with E-state index in [1.165, 1.54) is 48.5 Å². The average molecular weight is 448 g/mol. The second-order valence-corrected chi connectivity index (χ2v) is 4.89. The van der Waals surface area contributed by atoms with Gasteiger partial charge in [0.05, 0.1) is 0 Å². The topological polar surface area (TPSA) is 58.9 Å². The van der Waals surface area contributed by atoms with E-state index in [0.717, 1.165) is 0 Å². The number of rotatable bonds is 2. The lowest BCUT2D eigenvalue weighted by Crippen LogP contribution is -2.16. The van der Waals surface area contributed by atoms with Crippen molar-refractivity contribution in [3.8, 4) is 11.5 Å². The van der Waals surface area contributed by atoms with Gasteiger partial charge in [0.25, 0.3) is 0 Å². The highest BCUT2D eigenvalue weighted by Crippen LogP contribution is 2.24. The van der Waals surface area contributed by atoms with Gasteiger partial charge in [-0.15, -0.1) is 26.3 Å². The number of alkyl halides is 6. The zero-order chi connectivity index (χ0) is 20.2. The molecule has 2 aromatic rings. The highest BCUT2D eigenvalue weighted by Gasteiger charge is 2.31. The van der Waals surface area contributed by atoms with Crippen molar-refractivity contribution in [2.75, 3.05) is 0 Å². The molecular weight excluding hydrogens is 437 g/mol. The second kappa shape index (κ2) is 11.7. The lowest BCUT2D eigenvalue weighted by atomic mass is 10.3. The molecule has 0 aliphatic heterocycles. The Bertz CT molecular complexity index is 608. The van der Waals surface area contributed by atoms with Crippen molar-refractivity contribution in [3.63, 3.8) is 0 Å². The van der Waals surface area contributed by atoms with Gasteiger partial charge in [0.2, 0.25) is 0 Å². The lowest BCUT2D eigenvalue weighted by Gasteiger charge is -2.07. The minimum atomic E-state index is -4.62. The number of halogens is 7. The van der Waals surface area contributed by atoms with Gasteiger partial charge in [-0.3, -0.25) is 0 Å². The van der Waals surface area contributed by atoms with Crippen LogP contribution in [-0.4, -0.2) is 30.5 Å². The van der Waals surface area contributed by atoms with Crippen molar-refractivity contribution < 1.29 is 45.9 Å². The van der Waals surface area contributed by atoms with Crippen molar-refractivity contribution in [1.82, 2.24) is 0 Å². The van der Waals surface area contributed by atoms with Gasteiger partial charge in [-0.2, -0.15) is 0 Å². The summed E-state index contributed by atoms with van der Waals surface area (Å²) in [5.74, 6) is -0.411. The molecule has 12 heteroatoms. The third-order valence-electron chi connectivity index (χ3n) is 2.02. The number of para-hydroxylation sites is 1. The molecule has 0 fully saturated rings. The number of benzene rings is 2. The third kappa shape index (κ3) is 14.4. The smallest absolute Gasteiger partial charge is 0.429 e. The van der Waals surface area contributed by atoms with Gasteiger partial charge in [0, 0.05) is 4.47 Å². The zero-order valence-corrected chi connectivity index (χ0v) is 14.2. The molecule has 0 spiro atoms. The van der Waals surface area contributed by atoms with E-state index in [0.29, 0.717) is 4.47 Å². The van der Waals surface area contributed by atoms with E-state index in [1.807, 2.05) is 0 Å². The molecule has 4 nitrogen and oxygen atoms in total. The Morgan fingerprint density at radius 1 is 0.692 bits per heavy atom. The van der Waals surface area contributed by atoms with E-state index >= 15 is 0 Å². The van der Waals surface area contributed by atoms with E-state index in [4.69, 9.17) is 10.0 Å². The highest BCUT2D eigenvalue weighted by atomic mass is 79.9. The Balaban J connectivity index is 0.000000419. The molecule has 1 radical (unpaired) electrons. The van der Waals surface area contributed by atoms with Crippen LogP contribution in [0.5, 0.6) is 11.5 Å². The van der Waals surface area contributed by atoms with Gasteiger partial charge < -0.3 is 19.5 Å². The average Bonchev–Trinajstić information content (AvgIpc) is 2.49. The Morgan fingerprint density at radius 2 is 1.04 bits per heavy atom. The summed E-state index contributed by atoms with van der Waals surface area (Å²) in [4.78, 5) is 0. The normalized spacial score (nSPS) is 10.5. The molecule has 143 valence electrons. The van der Waals surface area contributed by atoms with Crippen LogP contribution in [0.3, 0.4) is 0 Å². The molecule has 0 aliphatic rings. The first kappa shape index (κ1) is 24.1. The SMILES string of the molecule is FC(F)(F)Oc1ccc(Br)cc1.FC(F)(F)Oc1ccccc1.O[B]O. The Morgan fingerprint density at radius 3 is 1.38 bits per heavy atom. The first-order valence-electron chi connectivity index (χ1n) is 6.39. The molecule has 26 heavy (non-hydrogen) atoms. The standard InChI is InChI=1S/C7H4BrF3O.C7H5F3O.BH2O2/c8-5-1-3-6(4-2-5)12-7(9,10)11;8-7(9,10)11-6-4-2-1-3-5-6;2-1-3/h1-4H;1-5H;2-3H. The minimum absolute atomic E-state index is 0. The molecule has 0 saturated carbocycles. The molecular formula is C14H11BBrF6O4. The number of hydrogen-bond donors (Lipinski definition) is 2. The predicted octanol–water partition coefficient (Wildman–Crippen LogP) is 4.44. The van der Waals surface area contributed by atoms with Crippen molar-refractivity contribution in [2.45, 2.75) is 12.7 Å². The Hall–Kier alpha value is -1.92. The number of hydrogen-bond acceptors (Lipinski definition) is 4. The summed E-state index contributed by atoms with van der Waals surface area (Å²) in [6.07, 6.45) is -9.21. The summed E-state index contributed by atoms with van der Waals surface area (Å²) in [7, 11) is 0. The van der Waals surface area contributed by atoms with Gasteiger partial charge >= 0.3 is 20.4 Å². The van der Waals surface area contributed by atoms with E-state index in [2.05, 4.69) is 25.4 Å². The molecule has 2 aromatic carbocycles. The summed E-state index contributed by atoms with van der Waals surface area (Å²) in [5, 5.41) is 14.0. The van der Waals surface area contributed by atoms with Gasteiger partial charge in [0.1, 0.15) is 11.5 Å². The first-order valence-corrected chi connectivity index (χ1v) is 7.18. The van der Waals surface area contributed by atoms with Crippen LogP contribution in [0.25, 0.3) is 0 Å². The van der Waals surface area contributed by atoms with Crippen LogP contribution in [-0.2, 0) is 0 Å². The molecule has 0 bridgehead atoms. The maximum absolute atomic E-state index is 11.6. The van der Waals surface area contributed by atoms with E-state index in [9.17, 15) is 26.3 Å². The van der Waals surface area contributed by atoms with Crippen molar-refractivity contribution >= 4 is 23.6 Å². The van der Waals surface area contributed by atoms with Crippen LogP contribution < -0.4 is 9.47 Å². The monoisotopic (exact) mass is 447 g/mol. The summed E-state index contributed by atoms with van der Waals surface area (Å²) in [6, 6.07) is 12.5. The van der Waals surface area contributed by atoms with Crippen LogP contribution in [0.15, 0.2) is 59.1 Å². The van der Waals surface area contributed by atoms with Crippen LogP contribution >= 0.6 is 15.9 Å². The van der Waals surface area contributed by atoms with Crippen molar-refractivity contribution in [2.24, 2.45) is 0 Å². The second-order valence-electron chi connectivity index (χ2n) is 3.98. The summed E-state index contributed by atoms with van der Waals surface area (Å²) in [6.45, 7) is 0. The highest BCUT2D eigenvalue weighted by molar-refractivity contribution is 9.10.